The molecular weight excluding hydrogens is 288 g/mol. The van der Waals surface area contributed by atoms with Gasteiger partial charge in [-0.1, -0.05) is 13.8 Å². The molecule has 6 heteroatoms. The third-order valence-electron chi connectivity index (χ3n) is 4.45. The van der Waals surface area contributed by atoms with Crippen molar-refractivity contribution in [1.29, 1.82) is 0 Å². The summed E-state index contributed by atoms with van der Waals surface area (Å²) < 4.78 is 29.0. The Morgan fingerprint density at radius 2 is 1.86 bits per heavy atom. The molecule has 1 aromatic heterocycles. The number of aromatic nitrogens is 1. The Bertz CT molecular complexity index is 679. The van der Waals surface area contributed by atoms with Crippen LogP contribution in [0.25, 0.3) is 0 Å². The zero-order valence-corrected chi connectivity index (χ0v) is 14.0. The van der Waals surface area contributed by atoms with Crippen LogP contribution in [-0.4, -0.2) is 18.2 Å². The van der Waals surface area contributed by atoms with Crippen molar-refractivity contribution in [2.24, 2.45) is 12.5 Å². The first-order valence-corrected chi connectivity index (χ1v) is 8.85. The molecule has 0 amide bonds. The average Bonchev–Trinajstić information content (AvgIpc) is 2.39. The Morgan fingerprint density at radius 1 is 1.29 bits per heavy atom. The molecule has 1 heterocycles. The summed E-state index contributed by atoms with van der Waals surface area (Å²) in [5.41, 5.74) is 0.725. The van der Waals surface area contributed by atoms with Gasteiger partial charge in [0.25, 0.3) is 5.56 Å². The molecule has 2 rings (SSSR count). The molecular formula is C15H24N2O3S. The summed E-state index contributed by atoms with van der Waals surface area (Å²) in [6.45, 7) is 6.07. The molecule has 0 spiro atoms. The highest BCUT2D eigenvalue weighted by molar-refractivity contribution is 7.93. The number of sulfonamides is 1. The molecule has 118 valence electrons. The summed E-state index contributed by atoms with van der Waals surface area (Å²) >= 11 is 0. The number of hydrogen-bond donors (Lipinski definition) is 1. The van der Waals surface area contributed by atoms with Gasteiger partial charge in [0, 0.05) is 13.2 Å². The Balaban J connectivity index is 2.23. The van der Waals surface area contributed by atoms with Gasteiger partial charge >= 0.3 is 0 Å². The van der Waals surface area contributed by atoms with Gasteiger partial charge in [-0.15, -0.1) is 0 Å². The molecule has 1 aromatic rings. The minimum absolute atomic E-state index is 0.171. The fourth-order valence-electron chi connectivity index (χ4n) is 2.75. The number of anilines is 1. The molecule has 1 fully saturated rings. The van der Waals surface area contributed by atoms with E-state index in [4.69, 9.17) is 0 Å². The second kappa shape index (κ2) is 5.48. The van der Waals surface area contributed by atoms with E-state index in [1.165, 1.54) is 4.57 Å². The van der Waals surface area contributed by atoms with E-state index >= 15 is 0 Å². The maximum absolute atomic E-state index is 12.5. The van der Waals surface area contributed by atoms with Crippen molar-refractivity contribution in [3.05, 3.63) is 28.2 Å². The summed E-state index contributed by atoms with van der Waals surface area (Å²) in [6, 6.07) is 1.74. The zero-order valence-electron chi connectivity index (χ0n) is 13.1. The van der Waals surface area contributed by atoms with E-state index < -0.39 is 15.3 Å². The van der Waals surface area contributed by atoms with Crippen LogP contribution >= 0.6 is 0 Å². The smallest absolute Gasteiger partial charge is 0.274 e. The van der Waals surface area contributed by atoms with Crippen LogP contribution in [0.5, 0.6) is 0 Å². The van der Waals surface area contributed by atoms with E-state index in [1.54, 1.807) is 26.2 Å². The number of aryl methyl sites for hydroxylation is 2. The van der Waals surface area contributed by atoms with Crippen molar-refractivity contribution in [2.75, 3.05) is 4.72 Å². The zero-order chi connectivity index (χ0) is 15.8. The van der Waals surface area contributed by atoms with Crippen LogP contribution in [0.1, 0.15) is 45.1 Å². The molecule has 1 saturated carbocycles. The highest BCUT2D eigenvalue weighted by Gasteiger charge is 2.34. The lowest BCUT2D eigenvalue weighted by Gasteiger charge is -2.34. The monoisotopic (exact) mass is 312 g/mol. The maximum Gasteiger partial charge on any atom is 0.274 e. The lowest BCUT2D eigenvalue weighted by atomic mass is 9.77. The molecule has 0 aromatic carbocycles. The summed E-state index contributed by atoms with van der Waals surface area (Å²) in [5, 5.41) is -0.408. The van der Waals surface area contributed by atoms with Gasteiger partial charge < -0.3 is 4.57 Å². The van der Waals surface area contributed by atoms with Gasteiger partial charge in [0.15, 0.2) is 0 Å². The van der Waals surface area contributed by atoms with Crippen LogP contribution in [0.4, 0.5) is 5.69 Å². The first-order valence-electron chi connectivity index (χ1n) is 7.30. The van der Waals surface area contributed by atoms with Crippen LogP contribution in [-0.2, 0) is 17.1 Å². The van der Waals surface area contributed by atoms with Crippen LogP contribution in [0.2, 0.25) is 0 Å². The number of rotatable bonds is 3. The Kier molecular flexibility index (Phi) is 4.19. The minimum Gasteiger partial charge on any atom is -0.317 e. The largest absolute Gasteiger partial charge is 0.317 e. The SMILES string of the molecule is Cc1ccn(C)c(=O)c1NS(=O)(=O)C1CCC(C)(C)CC1. The van der Waals surface area contributed by atoms with Crippen molar-refractivity contribution < 1.29 is 8.42 Å². The van der Waals surface area contributed by atoms with Gasteiger partial charge in [-0.2, -0.15) is 0 Å². The summed E-state index contributed by atoms with van der Waals surface area (Å²) in [5.74, 6) is 0. The van der Waals surface area contributed by atoms with Gasteiger partial charge in [0.2, 0.25) is 10.0 Å². The third-order valence-corrected chi connectivity index (χ3v) is 6.28. The quantitative estimate of drug-likeness (QED) is 0.932. The fourth-order valence-corrected chi connectivity index (χ4v) is 4.31. The van der Waals surface area contributed by atoms with Crippen molar-refractivity contribution >= 4 is 15.7 Å². The van der Waals surface area contributed by atoms with Crippen LogP contribution in [0, 0.1) is 12.3 Å². The Hall–Kier alpha value is -1.30. The molecule has 0 saturated heterocycles. The average molecular weight is 312 g/mol. The Labute approximate surface area is 126 Å². The van der Waals surface area contributed by atoms with Gasteiger partial charge in [0.1, 0.15) is 5.69 Å². The number of nitrogens with one attached hydrogen (secondary N) is 1. The van der Waals surface area contributed by atoms with Gasteiger partial charge in [0.05, 0.1) is 5.25 Å². The fraction of sp³-hybridized carbons (Fsp3) is 0.667. The van der Waals surface area contributed by atoms with Crippen LogP contribution in [0.15, 0.2) is 17.1 Å². The molecule has 0 unspecified atom stereocenters. The van der Waals surface area contributed by atoms with Crippen molar-refractivity contribution in [1.82, 2.24) is 4.57 Å². The highest BCUT2D eigenvalue weighted by atomic mass is 32.2. The van der Waals surface area contributed by atoms with Crippen LogP contribution < -0.4 is 10.3 Å². The Morgan fingerprint density at radius 3 is 2.43 bits per heavy atom. The van der Waals surface area contributed by atoms with Crippen LogP contribution in [0.3, 0.4) is 0 Å². The summed E-state index contributed by atoms with van der Waals surface area (Å²) in [6.07, 6.45) is 4.72. The third kappa shape index (κ3) is 3.48. The van der Waals surface area contributed by atoms with Crippen molar-refractivity contribution in [3.63, 3.8) is 0 Å². The van der Waals surface area contributed by atoms with Crippen molar-refractivity contribution in [2.45, 2.75) is 51.7 Å². The topological polar surface area (TPSA) is 68.2 Å². The molecule has 1 aliphatic carbocycles. The molecule has 1 aliphatic rings. The molecule has 0 bridgehead atoms. The second-order valence-corrected chi connectivity index (χ2v) is 8.76. The van der Waals surface area contributed by atoms with E-state index in [9.17, 15) is 13.2 Å². The van der Waals surface area contributed by atoms with E-state index in [1.807, 2.05) is 0 Å². The molecule has 21 heavy (non-hydrogen) atoms. The van der Waals surface area contributed by atoms with E-state index in [0.29, 0.717) is 18.4 Å². The first-order chi connectivity index (χ1) is 9.62. The number of nitrogens with zero attached hydrogens (tertiary/aromatic N) is 1. The summed E-state index contributed by atoms with van der Waals surface area (Å²) in [4.78, 5) is 12.1. The van der Waals surface area contributed by atoms with Gasteiger partial charge in [-0.25, -0.2) is 8.42 Å². The van der Waals surface area contributed by atoms with Gasteiger partial charge in [-0.3, -0.25) is 9.52 Å². The van der Waals surface area contributed by atoms with E-state index in [0.717, 1.165) is 12.8 Å². The van der Waals surface area contributed by atoms with E-state index in [-0.39, 0.29) is 16.7 Å². The molecule has 5 nitrogen and oxygen atoms in total. The van der Waals surface area contributed by atoms with Gasteiger partial charge in [-0.05, 0) is 49.7 Å². The molecule has 0 atom stereocenters. The molecule has 0 aliphatic heterocycles. The molecule has 0 radical (unpaired) electrons. The lowest BCUT2D eigenvalue weighted by molar-refractivity contribution is 0.246. The predicted octanol–water partition coefficient (Wildman–Crippen LogP) is 2.40. The first kappa shape index (κ1) is 16.1. The second-order valence-electron chi connectivity index (χ2n) is 6.80. The number of hydrogen-bond acceptors (Lipinski definition) is 3. The van der Waals surface area contributed by atoms with E-state index in [2.05, 4.69) is 18.6 Å². The number of pyridine rings is 1. The standard InChI is InChI=1S/C15H24N2O3S/c1-11-7-10-17(4)14(18)13(11)16-21(19,20)12-5-8-15(2,3)9-6-12/h7,10,12,16H,5-6,8-9H2,1-4H3. The lowest BCUT2D eigenvalue weighted by Crippen LogP contribution is -2.36. The normalized spacial score (nSPS) is 19.4. The summed E-state index contributed by atoms with van der Waals surface area (Å²) in [7, 11) is -1.90. The predicted molar refractivity (Wildman–Crippen MR) is 85.0 cm³/mol. The minimum atomic E-state index is -3.51. The highest BCUT2D eigenvalue weighted by Crippen LogP contribution is 2.37. The van der Waals surface area contributed by atoms with Crippen molar-refractivity contribution in [3.8, 4) is 0 Å². The maximum atomic E-state index is 12.5. The molecule has 1 N–H and O–H groups in total.